The molecule has 0 unspecified atom stereocenters. The highest BCUT2D eigenvalue weighted by molar-refractivity contribution is 5.75. The average Bonchev–Trinajstić information content (AvgIpc) is 1.80. The highest BCUT2D eigenvalue weighted by Gasteiger charge is 2.18. The number of amides is 1. The van der Waals surface area contributed by atoms with Crippen LogP contribution in [0.25, 0.3) is 0 Å². The number of carbonyl (C=O) groups excluding carboxylic acids is 2. The average molecular weight is 1460 g/mol. The summed E-state index contributed by atoms with van der Waals surface area (Å²) in [4.78, 5) is 37.6. The summed E-state index contributed by atoms with van der Waals surface area (Å²) in [5, 5.41) is 0. The van der Waals surface area contributed by atoms with Crippen LogP contribution in [-0.4, -0.2) is 120 Å². The second kappa shape index (κ2) is 61.0. The van der Waals surface area contributed by atoms with Crippen molar-refractivity contribution in [2.24, 2.45) is 58.2 Å². The zero-order chi connectivity index (χ0) is 80.5. The molecule has 7 rings (SSSR count). The molecule has 1 aliphatic heterocycles. The molecule has 4 heterocycles. The van der Waals surface area contributed by atoms with Crippen LogP contribution in [0.4, 0.5) is 0 Å². The van der Waals surface area contributed by atoms with Crippen LogP contribution in [0.1, 0.15) is 224 Å². The molecule has 14 heteroatoms. The number of carbonyl (C=O) groups is 2. The summed E-state index contributed by atoms with van der Waals surface area (Å²) in [6, 6.07) is 34.6. The molecule has 0 fully saturated rings. The number of rotatable bonds is 25. The van der Waals surface area contributed by atoms with Crippen LogP contribution >= 0.6 is 0 Å². The topological polar surface area (TPSA) is 144 Å². The van der Waals surface area contributed by atoms with E-state index in [0.29, 0.717) is 60.1 Å². The first-order valence-corrected chi connectivity index (χ1v) is 38.5. The molecule has 0 atom stereocenters. The van der Waals surface area contributed by atoms with Crippen LogP contribution in [0.5, 0.6) is 28.7 Å². The van der Waals surface area contributed by atoms with E-state index in [1.165, 1.54) is 60.0 Å². The lowest BCUT2D eigenvalue weighted by atomic mass is 9.89. The van der Waals surface area contributed by atoms with Crippen LogP contribution < -0.4 is 23.7 Å². The fourth-order valence-electron chi connectivity index (χ4n) is 9.58. The van der Waals surface area contributed by atoms with Gasteiger partial charge in [-0.25, -0.2) is 0 Å². The fraction of sp³-hybridized carbons (Fsp3) is 0.615. The van der Waals surface area contributed by atoms with Gasteiger partial charge in [-0.2, -0.15) is 0 Å². The first-order valence-electron chi connectivity index (χ1n) is 38.5. The van der Waals surface area contributed by atoms with Crippen molar-refractivity contribution >= 4 is 11.9 Å². The Hall–Kier alpha value is -7.03. The third-order valence-corrected chi connectivity index (χ3v) is 14.9. The molecule has 0 spiro atoms. The maximum Gasteiger partial charge on any atom is 0.305 e. The van der Waals surface area contributed by atoms with Crippen LogP contribution in [0.15, 0.2) is 134 Å². The first kappa shape index (κ1) is 102. The minimum atomic E-state index is -0.108. The maximum absolute atomic E-state index is 11.0. The molecule has 0 bridgehead atoms. The standard InChI is InChI=1S/C12H18O2.C11H14O2.C11H16O.2C10H15N.C9H13N.C8H17NO.C7H17N.C7H14O2.C6H14O/c1-9(2)8-10-6-5-7-11(13-3)12(10)14-4;1-8(2)6-9-4-3-5-10-11(9)13-7-12-10;1-9(2)7-10-5-4-6-11(8-10)12-3;1-10(2,3)8-9-4-6-11-7-5-9;1-10(2,3)8-9-6-4-5-7-11-9;1-8(2)6-9-4-3-5-10-7-9;1-7(2)5-6-8(10)9(3)4;1-7(2)5-6-8(3)4;1-6(2)4-5-7(8)9-3;1-6(2)4-5-7-3/h5-7,9H,8H2,1-4H3;3-5,8H,6-7H2,1-2H3;4-6,8-9H,7H2,1-3H3;2*4-7H,8H2,1-3H3;3-5,7-8H,6H2,1-2H3;7H,5-6H2,1-4H3;7H,5-6H2,1-4H3;6H,4-5H2,1-3H3;6H,4-5H2,1-3H3. The molecule has 3 aromatic heterocycles. The summed E-state index contributed by atoms with van der Waals surface area (Å²) in [5.41, 5.74) is 8.41. The summed E-state index contributed by atoms with van der Waals surface area (Å²) in [5.74, 6) is 10.1. The Bertz CT molecular complexity index is 2950. The zero-order valence-corrected chi connectivity index (χ0v) is 72.3. The monoisotopic (exact) mass is 1460 g/mol. The maximum atomic E-state index is 11.0. The summed E-state index contributed by atoms with van der Waals surface area (Å²) in [6.45, 7) is 50.9. The van der Waals surface area contributed by atoms with Crippen molar-refractivity contribution in [3.05, 3.63) is 168 Å². The van der Waals surface area contributed by atoms with E-state index >= 15 is 0 Å². The molecular weight excluding hydrogens is 1310 g/mol. The number of methoxy groups -OCH3 is 5. The molecule has 596 valence electrons. The van der Waals surface area contributed by atoms with Crippen molar-refractivity contribution in [3.8, 4) is 28.7 Å². The second-order valence-electron chi connectivity index (χ2n) is 33.0. The summed E-state index contributed by atoms with van der Waals surface area (Å²) < 4.78 is 35.7. The van der Waals surface area contributed by atoms with Crippen LogP contribution in [-0.2, 0) is 57.6 Å². The van der Waals surface area contributed by atoms with Gasteiger partial charge in [-0.1, -0.05) is 201 Å². The number of nitrogens with zero attached hydrogens (tertiary/aromatic N) is 5. The lowest BCUT2D eigenvalue weighted by molar-refractivity contribution is -0.140. The minimum absolute atomic E-state index is 0.108. The number of hydrogen-bond acceptors (Lipinski definition) is 13. The van der Waals surface area contributed by atoms with E-state index in [1.54, 1.807) is 47.4 Å². The molecule has 6 aromatic rings. The van der Waals surface area contributed by atoms with Crippen molar-refractivity contribution in [2.45, 2.75) is 229 Å². The number of esters is 1. The van der Waals surface area contributed by atoms with Crippen molar-refractivity contribution in [2.75, 3.05) is 83.7 Å². The van der Waals surface area contributed by atoms with Crippen molar-refractivity contribution in [3.63, 3.8) is 0 Å². The number of fused-ring (bicyclic) bond motifs is 1. The molecule has 0 radical (unpaired) electrons. The highest BCUT2D eigenvalue weighted by atomic mass is 16.7. The summed E-state index contributed by atoms with van der Waals surface area (Å²) in [7, 11) is 16.0. The van der Waals surface area contributed by atoms with Crippen molar-refractivity contribution in [1.29, 1.82) is 0 Å². The SMILES string of the molecule is CC(C)(C)Cc1ccccn1.CC(C)(C)Cc1ccncc1.CC(C)CCC(=O)N(C)C.CC(C)CCN(C)C.CC(C)Cc1cccc2c1OCO2.CC(C)Cc1cccnc1.COC(=O)CCC(C)C.COCCC(C)C.COc1cccc(CC(C)C)c1.COc1cccc(CC(C)C)c1OC. The van der Waals surface area contributed by atoms with Gasteiger partial charge in [0.1, 0.15) is 5.75 Å². The van der Waals surface area contributed by atoms with Crippen LogP contribution in [0.2, 0.25) is 0 Å². The molecule has 14 nitrogen and oxygen atoms in total. The minimum Gasteiger partial charge on any atom is -0.497 e. The molecule has 0 N–H and O–H groups in total. The lowest BCUT2D eigenvalue weighted by Gasteiger charge is -2.17. The Labute approximate surface area is 643 Å². The molecule has 0 saturated carbocycles. The predicted molar refractivity (Wildman–Crippen MR) is 446 cm³/mol. The molecule has 0 saturated heterocycles. The Balaban J connectivity index is -0.00000111. The van der Waals surface area contributed by atoms with Gasteiger partial charge in [0, 0.05) is 77.3 Å². The smallest absolute Gasteiger partial charge is 0.305 e. The quantitative estimate of drug-likeness (QED) is 0.0502. The Morgan fingerprint density at radius 2 is 1.01 bits per heavy atom. The number of benzene rings is 3. The van der Waals surface area contributed by atoms with Gasteiger partial charge in [0.05, 0.1) is 28.4 Å². The van der Waals surface area contributed by atoms with E-state index in [0.717, 1.165) is 104 Å². The number of para-hydroxylation sites is 2. The van der Waals surface area contributed by atoms with Gasteiger partial charge in [-0.15, -0.1) is 0 Å². The summed E-state index contributed by atoms with van der Waals surface area (Å²) in [6.07, 6.45) is 21.4. The third kappa shape index (κ3) is 62.8. The van der Waals surface area contributed by atoms with E-state index in [9.17, 15) is 9.59 Å². The second-order valence-corrected chi connectivity index (χ2v) is 33.0. The van der Waals surface area contributed by atoms with Crippen molar-refractivity contribution in [1.82, 2.24) is 24.8 Å². The van der Waals surface area contributed by atoms with Gasteiger partial charge in [-0.05, 0) is 225 Å². The molecule has 1 amide bonds. The van der Waals surface area contributed by atoms with E-state index in [-0.39, 0.29) is 11.9 Å². The first-order chi connectivity index (χ1) is 49.2. The Kier molecular flexibility index (Phi) is 59.4. The van der Waals surface area contributed by atoms with Crippen LogP contribution in [0.3, 0.4) is 0 Å². The molecule has 105 heavy (non-hydrogen) atoms. The van der Waals surface area contributed by atoms with Gasteiger partial charge in [0.15, 0.2) is 23.0 Å². The number of aromatic nitrogens is 3. The van der Waals surface area contributed by atoms with Crippen LogP contribution in [0, 0.1) is 58.2 Å². The fourth-order valence-corrected chi connectivity index (χ4v) is 9.58. The van der Waals surface area contributed by atoms with Crippen molar-refractivity contribution < 1.29 is 42.7 Å². The van der Waals surface area contributed by atoms with Gasteiger partial charge in [-0.3, -0.25) is 24.5 Å². The number of hydrogen-bond donors (Lipinski definition) is 0. The number of pyridine rings is 3. The van der Waals surface area contributed by atoms with Gasteiger partial charge < -0.3 is 43.0 Å². The molecule has 3 aromatic carbocycles. The van der Waals surface area contributed by atoms with E-state index in [1.807, 2.05) is 85.6 Å². The lowest BCUT2D eigenvalue weighted by Crippen LogP contribution is -2.21. The predicted octanol–water partition coefficient (Wildman–Crippen LogP) is 22.4. The van der Waals surface area contributed by atoms with Gasteiger partial charge >= 0.3 is 5.97 Å². The molecular formula is C91H153N5O9. The van der Waals surface area contributed by atoms with E-state index in [4.69, 9.17) is 28.4 Å². The largest absolute Gasteiger partial charge is 0.497 e. The molecule has 1 aliphatic rings. The zero-order valence-electron chi connectivity index (χ0n) is 72.3. The molecule has 0 aliphatic carbocycles. The number of ether oxygens (including phenoxy) is 7. The highest BCUT2D eigenvalue weighted by Crippen LogP contribution is 2.36. The van der Waals surface area contributed by atoms with Gasteiger partial charge in [0.25, 0.3) is 0 Å². The van der Waals surface area contributed by atoms with E-state index < -0.39 is 0 Å². The Morgan fingerprint density at radius 1 is 0.476 bits per heavy atom. The van der Waals surface area contributed by atoms with E-state index in [2.05, 4.69) is 240 Å². The normalized spacial score (nSPS) is 11.0. The Morgan fingerprint density at radius 3 is 1.46 bits per heavy atom. The van der Waals surface area contributed by atoms with Gasteiger partial charge in [0.2, 0.25) is 12.7 Å². The summed E-state index contributed by atoms with van der Waals surface area (Å²) >= 11 is 0. The third-order valence-electron chi connectivity index (χ3n) is 14.9.